The van der Waals surface area contributed by atoms with Gasteiger partial charge in [0, 0.05) is 21.8 Å². The monoisotopic (exact) mass is 611 g/mol. The lowest BCUT2D eigenvalue weighted by atomic mass is 9.78. The van der Waals surface area contributed by atoms with Gasteiger partial charge >= 0.3 is 7.12 Å². The van der Waals surface area contributed by atoms with Gasteiger partial charge < -0.3 is 13.9 Å². The van der Waals surface area contributed by atoms with Crippen LogP contribution in [0.4, 0.5) is 0 Å². The fourth-order valence-corrected chi connectivity index (χ4v) is 7.88. The second-order valence-electron chi connectivity index (χ2n) is 14.9. The molecule has 0 saturated carbocycles. The molecule has 1 aromatic heterocycles. The lowest BCUT2D eigenvalue weighted by Crippen LogP contribution is -2.41. The highest BCUT2D eigenvalue weighted by Gasteiger charge is 2.51. The molecule has 230 valence electrons. The lowest BCUT2D eigenvalue weighted by Gasteiger charge is -2.32. The minimum atomic E-state index is -0.463. The molecule has 0 radical (unpaired) electrons. The van der Waals surface area contributed by atoms with Crippen LogP contribution in [-0.2, 0) is 14.7 Å². The Morgan fingerprint density at radius 1 is 0.511 bits per heavy atom. The maximum atomic E-state index is 6.59. The van der Waals surface area contributed by atoms with Crippen LogP contribution in [0.5, 0.6) is 0 Å². The van der Waals surface area contributed by atoms with Gasteiger partial charge in [0.05, 0.1) is 27.9 Å². The number of hydrogen-bond acceptors (Lipinski definition) is 2. The van der Waals surface area contributed by atoms with E-state index in [4.69, 9.17) is 9.31 Å². The van der Waals surface area contributed by atoms with Crippen molar-refractivity contribution in [2.45, 2.75) is 58.2 Å². The van der Waals surface area contributed by atoms with Crippen LogP contribution in [0.3, 0.4) is 0 Å². The van der Waals surface area contributed by atoms with Crippen LogP contribution in [0.15, 0.2) is 121 Å². The Hall–Kier alpha value is -4.64. The maximum Gasteiger partial charge on any atom is 0.494 e. The zero-order valence-corrected chi connectivity index (χ0v) is 27.9. The summed E-state index contributed by atoms with van der Waals surface area (Å²) in [6, 6.07) is 44.7. The molecule has 1 fully saturated rings. The summed E-state index contributed by atoms with van der Waals surface area (Å²) in [6.45, 7) is 13.2. The van der Waals surface area contributed by atoms with Gasteiger partial charge in [0.15, 0.2) is 0 Å². The van der Waals surface area contributed by atoms with Crippen molar-refractivity contribution in [3.8, 4) is 27.9 Å². The van der Waals surface area contributed by atoms with Crippen molar-refractivity contribution in [1.29, 1.82) is 0 Å². The van der Waals surface area contributed by atoms with E-state index in [-0.39, 0.29) is 5.41 Å². The van der Waals surface area contributed by atoms with Gasteiger partial charge in [-0.25, -0.2) is 0 Å². The molecule has 6 aromatic carbocycles. The van der Waals surface area contributed by atoms with Crippen LogP contribution in [0.1, 0.15) is 52.7 Å². The van der Waals surface area contributed by atoms with Gasteiger partial charge in [-0.3, -0.25) is 0 Å². The predicted octanol–water partition coefficient (Wildman–Crippen LogP) is 10.2. The first-order valence-electron chi connectivity index (χ1n) is 16.7. The molecule has 2 aliphatic rings. The van der Waals surface area contributed by atoms with Crippen molar-refractivity contribution in [2.75, 3.05) is 0 Å². The van der Waals surface area contributed by atoms with E-state index in [2.05, 4.69) is 167 Å². The van der Waals surface area contributed by atoms with Gasteiger partial charge in [-0.15, -0.1) is 0 Å². The van der Waals surface area contributed by atoms with Crippen LogP contribution in [0.2, 0.25) is 0 Å². The molecule has 4 heteroatoms. The van der Waals surface area contributed by atoms with E-state index in [1.807, 2.05) is 0 Å². The molecule has 0 N–H and O–H groups in total. The molecule has 1 saturated heterocycles. The first kappa shape index (κ1) is 28.6. The highest BCUT2D eigenvalue weighted by molar-refractivity contribution is 6.62. The minimum absolute atomic E-state index is 0.104. The van der Waals surface area contributed by atoms with Gasteiger partial charge in [-0.2, -0.15) is 0 Å². The Morgan fingerprint density at radius 2 is 1.21 bits per heavy atom. The highest BCUT2D eigenvalue weighted by Crippen LogP contribution is 2.51. The second-order valence-corrected chi connectivity index (χ2v) is 14.9. The number of benzene rings is 6. The molecule has 7 aromatic rings. The summed E-state index contributed by atoms with van der Waals surface area (Å²) in [7, 11) is -0.463. The van der Waals surface area contributed by atoms with E-state index in [1.165, 1.54) is 66.0 Å². The third kappa shape index (κ3) is 4.08. The number of fused-ring (bicyclic) bond motifs is 7. The molecular formula is C43H38BNO2. The van der Waals surface area contributed by atoms with Gasteiger partial charge in [0.1, 0.15) is 0 Å². The molecule has 1 aliphatic carbocycles. The van der Waals surface area contributed by atoms with Crippen LogP contribution in [0, 0.1) is 0 Å². The summed E-state index contributed by atoms with van der Waals surface area (Å²) in [6.07, 6.45) is 0. The maximum absolute atomic E-state index is 6.59. The van der Waals surface area contributed by atoms with Crippen molar-refractivity contribution in [3.63, 3.8) is 0 Å². The van der Waals surface area contributed by atoms with Crippen LogP contribution >= 0.6 is 0 Å². The fourth-order valence-electron chi connectivity index (χ4n) is 7.88. The molecule has 1 aliphatic heterocycles. The predicted molar refractivity (Wildman–Crippen MR) is 197 cm³/mol. The SMILES string of the molecule is CC1(C)c2ccccc2-c2cc3c4ccccc4n(-c4cc(B5OC(C)(C)C(C)(C)O5)ccc4-c4ccc5ccccc5c4)c3cc21. The van der Waals surface area contributed by atoms with E-state index in [9.17, 15) is 0 Å². The van der Waals surface area contributed by atoms with Crippen LogP contribution < -0.4 is 5.46 Å². The van der Waals surface area contributed by atoms with E-state index in [1.54, 1.807) is 0 Å². The average Bonchev–Trinajstić information content (AvgIpc) is 3.60. The Bertz CT molecular complexity index is 2400. The van der Waals surface area contributed by atoms with Gasteiger partial charge in [0.2, 0.25) is 0 Å². The molecule has 47 heavy (non-hydrogen) atoms. The molecular weight excluding hydrogens is 573 g/mol. The zero-order valence-electron chi connectivity index (χ0n) is 27.9. The molecule has 0 spiro atoms. The number of rotatable bonds is 3. The Labute approximate surface area is 276 Å². The Morgan fingerprint density at radius 3 is 2.02 bits per heavy atom. The first-order valence-corrected chi connectivity index (χ1v) is 16.7. The first-order chi connectivity index (χ1) is 22.5. The van der Waals surface area contributed by atoms with Gasteiger partial charge in [-0.05, 0) is 102 Å². The largest absolute Gasteiger partial charge is 0.494 e. The topological polar surface area (TPSA) is 23.4 Å². The summed E-state index contributed by atoms with van der Waals surface area (Å²) in [5.74, 6) is 0. The quantitative estimate of drug-likeness (QED) is 0.186. The molecule has 2 heterocycles. The van der Waals surface area contributed by atoms with Gasteiger partial charge in [0.25, 0.3) is 0 Å². The minimum Gasteiger partial charge on any atom is -0.399 e. The molecule has 0 atom stereocenters. The normalized spacial score (nSPS) is 17.4. The van der Waals surface area contributed by atoms with Crippen molar-refractivity contribution >= 4 is 45.2 Å². The molecule has 9 rings (SSSR count). The number of hydrogen-bond donors (Lipinski definition) is 0. The third-order valence-electron chi connectivity index (χ3n) is 11.2. The molecule has 0 unspecified atom stereocenters. The summed E-state index contributed by atoms with van der Waals surface area (Å²) < 4.78 is 15.7. The third-order valence-corrected chi connectivity index (χ3v) is 11.2. The summed E-state index contributed by atoms with van der Waals surface area (Å²) in [4.78, 5) is 0. The average molecular weight is 612 g/mol. The van der Waals surface area contributed by atoms with Crippen LogP contribution in [-0.4, -0.2) is 22.9 Å². The highest BCUT2D eigenvalue weighted by atomic mass is 16.7. The van der Waals surface area contributed by atoms with Gasteiger partial charge in [-0.1, -0.05) is 105 Å². The summed E-state index contributed by atoms with van der Waals surface area (Å²) in [5, 5.41) is 4.97. The number of para-hydroxylation sites is 1. The second kappa shape index (κ2) is 9.70. The number of aromatic nitrogens is 1. The summed E-state index contributed by atoms with van der Waals surface area (Å²) in [5.41, 5.74) is 11.3. The van der Waals surface area contributed by atoms with E-state index in [0.29, 0.717) is 0 Å². The lowest BCUT2D eigenvalue weighted by molar-refractivity contribution is 0.00578. The van der Waals surface area contributed by atoms with Crippen molar-refractivity contribution < 1.29 is 9.31 Å². The fraction of sp³-hybridized carbons (Fsp3) is 0.209. The number of nitrogens with zero attached hydrogens (tertiary/aromatic N) is 1. The molecule has 0 bridgehead atoms. The van der Waals surface area contributed by atoms with E-state index in [0.717, 1.165) is 11.2 Å². The standard InChI is InChI=1S/C43H38BNO2/c1-41(2)36-17-11-9-15-32(36)34-25-35-33-16-10-12-18-38(33)45(40(35)26-37(34)41)39-24-30(44-46-42(3,4)43(5,6)47-44)21-22-31(39)29-20-19-27-13-7-8-14-28(27)23-29/h7-26H,1-6H3. The Balaban J connectivity index is 1.35. The van der Waals surface area contributed by atoms with Crippen molar-refractivity contribution in [1.82, 2.24) is 4.57 Å². The molecule has 3 nitrogen and oxygen atoms in total. The summed E-state index contributed by atoms with van der Waals surface area (Å²) >= 11 is 0. The van der Waals surface area contributed by atoms with Crippen LogP contribution in [0.25, 0.3) is 60.5 Å². The van der Waals surface area contributed by atoms with E-state index >= 15 is 0 Å². The zero-order chi connectivity index (χ0) is 32.3. The van der Waals surface area contributed by atoms with Crippen molar-refractivity contribution in [3.05, 3.63) is 132 Å². The van der Waals surface area contributed by atoms with Crippen molar-refractivity contribution in [2.24, 2.45) is 0 Å². The Kier molecular flexibility index (Phi) is 5.90. The molecule has 0 amide bonds. The smallest absolute Gasteiger partial charge is 0.399 e. The van der Waals surface area contributed by atoms with E-state index < -0.39 is 18.3 Å².